The van der Waals surface area contributed by atoms with E-state index in [-0.39, 0.29) is 18.4 Å². The molecule has 0 spiro atoms. The second kappa shape index (κ2) is 11.2. The fourth-order valence-electron chi connectivity index (χ4n) is 4.68. The van der Waals surface area contributed by atoms with Crippen LogP contribution in [0.15, 0.2) is 61.2 Å². The smallest absolute Gasteiger partial charge is 0.364 e. The Balaban J connectivity index is 1.26. The zero-order valence-corrected chi connectivity index (χ0v) is 21.0. The van der Waals surface area contributed by atoms with Crippen molar-refractivity contribution in [2.75, 3.05) is 13.7 Å². The first kappa shape index (κ1) is 24.5. The third-order valence-electron chi connectivity index (χ3n) is 6.68. The molecule has 5 rings (SSSR count). The molecule has 0 unspecified atom stereocenters. The predicted octanol–water partition coefficient (Wildman–Crippen LogP) is 4.20. The summed E-state index contributed by atoms with van der Waals surface area (Å²) in [6.07, 6.45) is 7.07. The Hall–Kier alpha value is -4.21. The number of esters is 1. The molecule has 0 saturated heterocycles. The Kier molecular flexibility index (Phi) is 7.43. The van der Waals surface area contributed by atoms with Gasteiger partial charge in [-0.3, -0.25) is 4.57 Å². The minimum absolute atomic E-state index is 0.0335. The summed E-state index contributed by atoms with van der Waals surface area (Å²) in [6, 6.07) is 16.2. The van der Waals surface area contributed by atoms with E-state index in [1.54, 1.807) is 31.4 Å². The highest BCUT2D eigenvalue weighted by molar-refractivity contribution is 5.89. The van der Waals surface area contributed by atoms with Crippen molar-refractivity contribution in [1.82, 2.24) is 29.8 Å². The first-order valence-corrected chi connectivity index (χ1v) is 12.5. The van der Waals surface area contributed by atoms with Crippen LogP contribution in [0.2, 0.25) is 0 Å². The molecule has 1 fully saturated rings. The highest BCUT2D eigenvalue weighted by atomic mass is 16.5. The van der Waals surface area contributed by atoms with E-state index in [2.05, 4.69) is 44.8 Å². The average Bonchev–Trinajstić information content (AvgIpc) is 3.61. The van der Waals surface area contributed by atoms with E-state index < -0.39 is 5.97 Å². The molecule has 2 heterocycles. The highest BCUT2D eigenvalue weighted by Gasteiger charge is 2.29. The van der Waals surface area contributed by atoms with Crippen LogP contribution in [0, 0.1) is 0 Å². The van der Waals surface area contributed by atoms with E-state index in [9.17, 15) is 4.79 Å². The first-order chi connectivity index (χ1) is 18.1. The second-order valence-electron chi connectivity index (χ2n) is 9.02. The van der Waals surface area contributed by atoms with E-state index in [1.165, 1.54) is 5.56 Å². The van der Waals surface area contributed by atoms with Gasteiger partial charge in [0.2, 0.25) is 11.6 Å². The fraction of sp³-hybridized carbons (Fsp3) is 0.370. The molecule has 1 saturated carbocycles. The standard InChI is InChI=1S/C27H30N6O4/c1-3-36-27(34)25-26(33(31-30-25)16-19-4-12-23(35-2)13-5-19)37-24-14-8-21(9-15-24)20-6-10-22(11-7-20)32-17-28-29-18-32/h4-7,10-13,17-18,21,24H,3,8-9,14-16H2,1-2H3/t21-,24-. The molecule has 37 heavy (non-hydrogen) atoms. The van der Waals surface area contributed by atoms with Gasteiger partial charge in [-0.25, -0.2) is 9.48 Å². The van der Waals surface area contributed by atoms with Crippen molar-refractivity contribution in [3.05, 3.63) is 78.0 Å². The zero-order chi connectivity index (χ0) is 25.6. The third kappa shape index (κ3) is 5.63. The van der Waals surface area contributed by atoms with E-state index in [1.807, 2.05) is 28.8 Å². The van der Waals surface area contributed by atoms with E-state index in [0.29, 0.717) is 18.3 Å². The van der Waals surface area contributed by atoms with Crippen LogP contribution in [0.25, 0.3) is 5.69 Å². The van der Waals surface area contributed by atoms with Crippen molar-refractivity contribution >= 4 is 5.97 Å². The average molecular weight is 503 g/mol. The summed E-state index contributed by atoms with van der Waals surface area (Å²) < 4.78 is 20.4. The minimum atomic E-state index is -0.527. The second-order valence-corrected chi connectivity index (χ2v) is 9.02. The van der Waals surface area contributed by atoms with Crippen molar-refractivity contribution in [2.45, 2.75) is 51.2 Å². The van der Waals surface area contributed by atoms with Crippen molar-refractivity contribution < 1.29 is 19.0 Å². The van der Waals surface area contributed by atoms with Crippen LogP contribution >= 0.6 is 0 Å². The maximum absolute atomic E-state index is 12.6. The number of nitrogens with zero attached hydrogens (tertiary/aromatic N) is 6. The molecule has 2 aromatic heterocycles. The Morgan fingerprint density at radius 3 is 2.32 bits per heavy atom. The van der Waals surface area contributed by atoms with Crippen LogP contribution in [0.1, 0.15) is 60.1 Å². The molecular weight excluding hydrogens is 472 g/mol. The molecule has 1 aliphatic rings. The van der Waals surface area contributed by atoms with Gasteiger partial charge in [0.05, 0.1) is 20.3 Å². The third-order valence-corrected chi connectivity index (χ3v) is 6.68. The predicted molar refractivity (Wildman–Crippen MR) is 135 cm³/mol. The van der Waals surface area contributed by atoms with E-state index >= 15 is 0 Å². The molecule has 0 N–H and O–H groups in total. The van der Waals surface area contributed by atoms with Gasteiger partial charge in [-0.1, -0.05) is 29.5 Å². The van der Waals surface area contributed by atoms with Gasteiger partial charge in [-0.2, -0.15) is 0 Å². The molecular formula is C27H30N6O4. The van der Waals surface area contributed by atoms with Crippen LogP contribution < -0.4 is 9.47 Å². The quantitative estimate of drug-likeness (QED) is 0.314. The number of methoxy groups -OCH3 is 1. The summed E-state index contributed by atoms with van der Waals surface area (Å²) in [5.41, 5.74) is 3.45. The number of ether oxygens (including phenoxy) is 3. The molecule has 2 aromatic carbocycles. The van der Waals surface area contributed by atoms with Gasteiger partial charge in [0.1, 0.15) is 24.5 Å². The van der Waals surface area contributed by atoms with Gasteiger partial charge in [-0.15, -0.1) is 15.3 Å². The molecule has 0 bridgehead atoms. The lowest BCUT2D eigenvalue weighted by Gasteiger charge is -2.29. The Bertz CT molecular complexity index is 1290. The first-order valence-electron chi connectivity index (χ1n) is 12.5. The number of rotatable bonds is 9. The molecule has 0 aliphatic heterocycles. The van der Waals surface area contributed by atoms with E-state index in [4.69, 9.17) is 14.2 Å². The summed E-state index contributed by atoms with van der Waals surface area (Å²) in [6.45, 7) is 2.44. The number of carbonyl (C=O) groups excluding carboxylic acids is 1. The molecule has 4 aromatic rings. The Labute approximate surface area is 215 Å². The number of hydrogen-bond donors (Lipinski definition) is 0. The molecule has 0 radical (unpaired) electrons. The van der Waals surface area contributed by atoms with Crippen LogP contribution in [0.3, 0.4) is 0 Å². The van der Waals surface area contributed by atoms with Crippen LogP contribution in [0.4, 0.5) is 0 Å². The lowest BCUT2D eigenvalue weighted by atomic mass is 9.82. The molecule has 0 amide bonds. The molecule has 1 aliphatic carbocycles. The molecule has 10 heteroatoms. The topological polar surface area (TPSA) is 106 Å². The lowest BCUT2D eigenvalue weighted by molar-refractivity contribution is 0.0507. The summed E-state index contributed by atoms with van der Waals surface area (Å²) >= 11 is 0. The van der Waals surface area contributed by atoms with Crippen molar-refractivity contribution in [2.24, 2.45) is 0 Å². The van der Waals surface area contributed by atoms with Crippen molar-refractivity contribution in [1.29, 1.82) is 0 Å². The van der Waals surface area contributed by atoms with Crippen LogP contribution in [0.5, 0.6) is 11.6 Å². The number of benzene rings is 2. The Morgan fingerprint density at radius 2 is 1.68 bits per heavy atom. The van der Waals surface area contributed by atoms with Crippen molar-refractivity contribution in [3.63, 3.8) is 0 Å². The summed E-state index contributed by atoms with van der Waals surface area (Å²) in [7, 11) is 1.63. The monoisotopic (exact) mass is 502 g/mol. The minimum Gasteiger partial charge on any atom is -0.497 e. The highest BCUT2D eigenvalue weighted by Crippen LogP contribution is 2.35. The van der Waals surface area contributed by atoms with Crippen LogP contribution in [-0.4, -0.2) is 55.5 Å². The summed E-state index contributed by atoms with van der Waals surface area (Å²) in [4.78, 5) is 12.6. The maximum Gasteiger partial charge on any atom is 0.364 e. The van der Waals surface area contributed by atoms with Gasteiger partial charge in [0.25, 0.3) is 0 Å². The lowest BCUT2D eigenvalue weighted by Crippen LogP contribution is -2.25. The maximum atomic E-state index is 12.6. The SMILES string of the molecule is CCOC(=O)c1nnn(Cc2ccc(OC)cc2)c1O[C@H]1CC[C@H](c2ccc(-n3cnnc3)cc2)CC1. The normalized spacial score (nSPS) is 17.4. The fourth-order valence-corrected chi connectivity index (χ4v) is 4.68. The van der Waals surface area contributed by atoms with Crippen molar-refractivity contribution in [3.8, 4) is 17.3 Å². The number of hydrogen-bond acceptors (Lipinski definition) is 8. The van der Waals surface area contributed by atoms with Gasteiger partial charge in [-0.05, 0) is 73.9 Å². The summed E-state index contributed by atoms with van der Waals surface area (Å²) in [5.74, 6) is 1.06. The zero-order valence-electron chi connectivity index (χ0n) is 21.0. The molecule has 192 valence electrons. The molecule has 0 atom stereocenters. The van der Waals surface area contributed by atoms with Gasteiger partial charge >= 0.3 is 5.97 Å². The van der Waals surface area contributed by atoms with E-state index in [0.717, 1.165) is 42.7 Å². The van der Waals surface area contributed by atoms with Gasteiger partial charge < -0.3 is 14.2 Å². The van der Waals surface area contributed by atoms with Gasteiger partial charge in [0, 0.05) is 5.69 Å². The largest absolute Gasteiger partial charge is 0.497 e. The van der Waals surface area contributed by atoms with Gasteiger partial charge in [0.15, 0.2) is 0 Å². The number of carbonyl (C=O) groups is 1. The number of aromatic nitrogens is 6. The Morgan fingerprint density at radius 1 is 0.973 bits per heavy atom. The van der Waals surface area contributed by atoms with Crippen LogP contribution in [-0.2, 0) is 11.3 Å². The molecule has 10 nitrogen and oxygen atoms in total. The summed E-state index contributed by atoms with van der Waals surface area (Å²) in [5, 5.41) is 16.0.